The van der Waals surface area contributed by atoms with E-state index in [1.807, 2.05) is 0 Å². The molecule has 2 atom stereocenters. The van der Waals surface area contributed by atoms with E-state index < -0.39 is 0 Å². The second-order valence-corrected chi connectivity index (χ2v) is 3.96. The molecule has 1 saturated heterocycles. The Morgan fingerprint density at radius 1 is 1.31 bits per heavy atom. The Morgan fingerprint density at radius 2 is 2.15 bits per heavy atom. The molecule has 0 bridgehead atoms. The molecule has 1 rings (SSSR count). The standard InChI is InChI=1S/C11H23NO/c1-3-5-10-9-11(6-7-12-10)13-8-4-2/h10-12H,3-9H2,1-2H3/t10-,11-/m0/s1. The van der Waals surface area contributed by atoms with Crippen molar-refractivity contribution in [1.82, 2.24) is 5.32 Å². The Labute approximate surface area is 82.0 Å². The predicted octanol–water partition coefficient (Wildman–Crippen LogP) is 2.33. The van der Waals surface area contributed by atoms with Gasteiger partial charge in [-0.1, -0.05) is 20.3 Å². The SMILES string of the molecule is CCCO[C@H]1CCN[C@@H](CCC)C1. The van der Waals surface area contributed by atoms with Crippen LogP contribution in [0.3, 0.4) is 0 Å². The van der Waals surface area contributed by atoms with Gasteiger partial charge in [0, 0.05) is 12.6 Å². The van der Waals surface area contributed by atoms with Gasteiger partial charge in [-0.25, -0.2) is 0 Å². The summed E-state index contributed by atoms with van der Waals surface area (Å²) in [5.74, 6) is 0. The number of piperidine rings is 1. The zero-order valence-electron chi connectivity index (χ0n) is 9.01. The van der Waals surface area contributed by atoms with Crippen LogP contribution in [0, 0.1) is 0 Å². The van der Waals surface area contributed by atoms with Crippen LogP contribution in [0.4, 0.5) is 0 Å². The van der Waals surface area contributed by atoms with Crippen LogP contribution in [0.5, 0.6) is 0 Å². The molecule has 2 nitrogen and oxygen atoms in total. The number of rotatable bonds is 5. The van der Waals surface area contributed by atoms with Gasteiger partial charge >= 0.3 is 0 Å². The summed E-state index contributed by atoms with van der Waals surface area (Å²) in [6.07, 6.45) is 6.65. The van der Waals surface area contributed by atoms with Gasteiger partial charge in [-0.05, 0) is 32.2 Å². The summed E-state index contributed by atoms with van der Waals surface area (Å²) in [5, 5.41) is 3.55. The van der Waals surface area contributed by atoms with Gasteiger partial charge in [0.25, 0.3) is 0 Å². The molecular formula is C11H23NO. The maximum atomic E-state index is 5.77. The van der Waals surface area contributed by atoms with E-state index in [4.69, 9.17) is 4.74 Å². The lowest BCUT2D eigenvalue weighted by molar-refractivity contribution is 0.0215. The van der Waals surface area contributed by atoms with Crippen molar-refractivity contribution in [2.45, 2.75) is 58.1 Å². The Hall–Kier alpha value is -0.0800. The maximum absolute atomic E-state index is 5.77. The zero-order chi connectivity index (χ0) is 9.52. The molecule has 1 N–H and O–H groups in total. The van der Waals surface area contributed by atoms with E-state index in [-0.39, 0.29) is 0 Å². The lowest BCUT2D eigenvalue weighted by atomic mass is 9.98. The summed E-state index contributed by atoms with van der Waals surface area (Å²) >= 11 is 0. The topological polar surface area (TPSA) is 21.3 Å². The molecule has 2 heteroatoms. The average Bonchev–Trinajstić information content (AvgIpc) is 2.16. The van der Waals surface area contributed by atoms with Crippen molar-refractivity contribution in [1.29, 1.82) is 0 Å². The van der Waals surface area contributed by atoms with Crippen molar-refractivity contribution >= 4 is 0 Å². The van der Waals surface area contributed by atoms with Crippen molar-refractivity contribution < 1.29 is 4.74 Å². The van der Waals surface area contributed by atoms with Crippen LogP contribution in [0.25, 0.3) is 0 Å². The monoisotopic (exact) mass is 185 g/mol. The van der Waals surface area contributed by atoms with Crippen LogP contribution in [-0.2, 0) is 4.74 Å². The Kier molecular flexibility index (Phi) is 5.40. The van der Waals surface area contributed by atoms with Crippen LogP contribution in [0.15, 0.2) is 0 Å². The van der Waals surface area contributed by atoms with Crippen molar-refractivity contribution in [2.75, 3.05) is 13.2 Å². The second kappa shape index (κ2) is 6.39. The highest BCUT2D eigenvalue weighted by molar-refractivity contribution is 4.78. The lowest BCUT2D eigenvalue weighted by Crippen LogP contribution is -2.41. The van der Waals surface area contributed by atoms with Crippen LogP contribution < -0.4 is 5.32 Å². The van der Waals surface area contributed by atoms with E-state index in [0.29, 0.717) is 12.1 Å². The molecule has 0 aliphatic carbocycles. The van der Waals surface area contributed by atoms with Crippen LogP contribution in [0.2, 0.25) is 0 Å². The highest BCUT2D eigenvalue weighted by atomic mass is 16.5. The van der Waals surface area contributed by atoms with Gasteiger partial charge in [-0.15, -0.1) is 0 Å². The largest absolute Gasteiger partial charge is 0.378 e. The minimum Gasteiger partial charge on any atom is -0.378 e. The van der Waals surface area contributed by atoms with Crippen molar-refractivity contribution in [2.24, 2.45) is 0 Å². The number of ether oxygens (including phenoxy) is 1. The first-order valence-electron chi connectivity index (χ1n) is 5.71. The number of hydrogen-bond donors (Lipinski definition) is 1. The van der Waals surface area contributed by atoms with Crippen molar-refractivity contribution in [3.63, 3.8) is 0 Å². The normalized spacial score (nSPS) is 29.1. The molecule has 1 fully saturated rings. The fourth-order valence-corrected chi connectivity index (χ4v) is 1.97. The molecule has 0 saturated carbocycles. The molecule has 0 aromatic rings. The molecule has 0 unspecified atom stereocenters. The number of hydrogen-bond acceptors (Lipinski definition) is 2. The van der Waals surface area contributed by atoms with Gasteiger partial charge in [-0.2, -0.15) is 0 Å². The van der Waals surface area contributed by atoms with Crippen molar-refractivity contribution in [3.05, 3.63) is 0 Å². The van der Waals surface area contributed by atoms with E-state index in [9.17, 15) is 0 Å². The maximum Gasteiger partial charge on any atom is 0.0602 e. The molecule has 0 aromatic carbocycles. The summed E-state index contributed by atoms with van der Waals surface area (Å²) in [6, 6.07) is 0.709. The minimum absolute atomic E-state index is 0.526. The first-order chi connectivity index (χ1) is 6.36. The van der Waals surface area contributed by atoms with Gasteiger partial charge in [0.2, 0.25) is 0 Å². The third kappa shape index (κ3) is 4.10. The fraction of sp³-hybridized carbons (Fsp3) is 1.00. The third-order valence-electron chi connectivity index (χ3n) is 2.64. The minimum atomic E-state index is 0.526. The molecular weight excluding hydrogens is 162 g/mol. The third-order valence-corrected chi connectivity index (χ3v) is 2.64. The molecule has 1 aliphatic rings. The molecule has 0 aromatic heterocycles. The lowest BCUT2D eigenvalue weighted by Gasteiger charge is -2.30. The summed E-state index contributed by atoms with van der Waals surface area (Å²) in [7, 11) is 0. The van der Waals surface area contributed by atoms with E-state index in [2.05, 4.69) is 19.2 Å². The number of nitrogens with one attached hydrogen (secondary N) is 1. The Bertz CT molecular complexity index is 125. The highest BCUT2D eigenvalue weighted by Crippen LogP contribution is 2.15. The van der Waals surface area contributed by atoms with Gasteiger partial charge in [0.05, 0.1) is 6.10 Å². The van der Waals surface area contributed by atoms with Crippen LogP contribution in [0.1, 0.15) is 46.0 Å². The zero-order valence-corrected chi connectivity index (χ0v) is 9.01. The molecule has 0 spiro atoms. The van der Waals surface area contributed by atoms with Crippen LogP contribution >= 0.6 is 0 Å². The van der Waals surface area contributed by atoms with Crippen LogP contribution in [-0.4, -0.2) is 25.3 Å². The summed E-state index contributed by atoms with van der Waals surface area (Å²) in [4.78, 5) is 0. The molecule has 78 valence electrons. The predicted molar refractivity (Wildman–Crippen MR) is 56.0 cm³/mol. The quantitative estimate of drug-likeness (QED) is 0.710. The molecule has 0 amide bonds. The van der Waals surface area contributed by atoms with Gasteiger partial charge in [0.15, 0.2) is 0 Å². The van der Waals surface area contributed by atoms with E-state index in [1.54, 1.807) is 0 Å². The van der Waals surface area contributed by atoms with E-state index >= 15 is 0 Å². The van der Waals surface area contributed by atoms with E-state index in [0.717, 1.165) is 19.6 Å². The summed E-state index contributed by atoms with van der Waals surface area (Å²) in [5.41, 5.74) is 0. The van der Waals surface area contributed by atoms with Gasteiger partial charge in [-0.3, -0.25) is 0 Å². The second-order valence-electron chi connectivity index (χ2n) is 3.96. The average molecular weight is 185 g/mol. The molecule has 0 radical (unpaired) electrons. The van der Waals surface area contributed by atoms with Crippen molar-refractivity contribution in [3.8, 4) is 0 Å². The smallest absolute Gasteiger partial charge is 0.0602 e. The Balaban J connectivity index is 2.16. The molecule has 1 aliphatic heterocycles. The highest BCUT2D eigenvalue weighted by Gasteiger charge is 2.20. The molecule has 1 heterocycles. The summed E-state index contributed by atoms with van der Waals surface area (Å²) < 4.78 is 5.77. The summed E-state index contributed by atoms with van der Waals surface area (Å²) in [6.45, 7) is 6.49. The first kappa shape index (κ1) is 11.0. The fourth-order valence-electron chi connectivity index (χ4n) is 1.97. The van der Waals surface area contributed by atoms with Gasteiger partial charge < -0.3 is 10.1 Å². The van der Waals surface area contributed by atoms with Gasteiger partial charge in [0.1, 0.15) is 0 Å². The first-order valence-corrected chi connectivity index (χ1v) is 5.71. The molecule has 13 heavy (non-hydrogen) atoms. The Morgan fingerprint density at radius 3 is 2.85 bits per heavy atom. The van der Waals surface area contributed by atoms with E-state index in [1.165, 1.54) is 25.7 Å².